The molecule has 0 radical (unpaired) electrons. The average molecular weight is 296 g/mol. The Morgan fingerprint density at radius 3 is 2.80 bits per heavy atom. The summed E-state index contributed by atoms with van der Waals surface area (Å²) >= 11 is 8.73. The summed E-state index contributed by atoms with van der Waals surface area (Å²) < 4.78 is 18.9. The van der Waals surface area contributed by atoms with Gasteiger partial charge in [-0.05, 0) is 28.9 Å². The van der Waals surface area contributed by atoms with Crippen molar-refractivity contribution in [2.45, 2.75) is 13.0 Å². The molecule has 0 spiro atoms. The molecule has 3 N–H and O–H groups in total. The fourth-order valence-corrected chi connectivity index (χ4v) is 1.58. The third-order valence-electron chi connectivity index (χ3n) is 1.72. The zero-order valence-corrected chi connectivity index (χ0v) is 10.2. The predicted molar refractivity (Wildman–Crippen MR) is 61.1 cm³/mol. The van der Waals surface area contributed by atoms with Crippen LogP contribution in [0.4, 0.5) is 4.39 Å². The first kappa shape index (κ1) is 12.3. The second kappa shape index (κ2) is 4.81. The van der Waals surface area contributed by atoms with E-state index in [1.807, 2.05) is 0 Å². The topological polar surface area (TPSA) is 59.1 Å². The van der Waals surface area contributed by atoms with E-state index in [0.29, 0.717) is 4.47 Å². The number of ether oxygens (including phenoxy) is 1. The average Bonchev–Trinajstić information content (AvgIpc) is 2.13. The molecule has 3 nitrogen and oxygen atoms in total. The van der Waals surface area contributed by atoms with Crippen LogP contribution in [0.5, 0.6) is 5.75 Å². The number of halogens is 3. The first-order valence-electron chi connectivity index (χ1n) is 4.07. The minimum atomic E-state index is -0.609. The van der Waals surface area contributed by atoms with Crippen LogP contribution in [-0.2, 0) is 0 Å². The van der Waals surface area contributed by atoms with Gasteiger partial charge in [0.2, 0.25) is 0 Å². The highest BCUT2D eigenvalue weighted by molar-refractivity contribution is 9.10. The van der Waals surface area contributed by atoms with Gasteiger partial charge in [0.05, 0.1) is 9.50 Å². The third-order valence-corrected chi connectivity index (χ3v) is 2.63. The molecule has 0 aromatic heterocycles. The van der Waals surface area contributed by atoms with Gasteiger partial charge in [0.15, 0.2) is 6.10 Å². The molecule has 0 aliphatic carbocycles. The normalized spacial score (nSPS) is 12.3. The molecule has 0 saturated carbocycles. The van der Waals surface area contributed by atoms with Crippen molar-refractivity contribution in [2.75, 3.05) is 0 Å². The minimum Gasteiger partial charge on any atom is -0.482 e. The highest BCUT2D eigenvalue weighted by Gasteiger charge is 2.12. The first-order chi connectivity index (χ1) is 6.91. The molecule has 1 aromatic carbocycles. The van der Waals surface area contributed by atoms with Gasteiger partial charge in [-0.3, -0.25) is 5.41 Å². The van der Waals surface area contributed by atoms with Crippen molar-refractivity contribution >= 4 is 33.4 Å². The Balaban J connectivity index is 2.95. The van der Waals surface area contributed by atoms with E-state index in [9.17, 15) is 4.39 Å². The van der Waals surface area contributed by atoms with E-state index >= 15 is 0 Å². The zero-order valence-electron chi connectivity index (χ0n) is 7.85. The van der Waals surface area contributed by atoms with Gasteiger partial charge in [-0.15, -0.1) is 0 Å². The van der Waals surface area contributed by atoms with Gasteiger partial charge in [0, 0.05) is 6.07 Å². The molecular weight excluding hydrogens is 286 g/mol. The molecule has 0 fully saturated rings. The Morgan fingerprint density at radius 1 is 1.67 bits per heavy atom. The maximum atomic E-state index is 13.1. The lowest BCUT2D eigenvalue weighted by atomic mass is 10.3. The van der Waals surface area contributed by atoms with E-state index < -0.39 is 11.9 Å². The van der Waals surface area contributed by atoms with Crippen LogP contribution < -0.4 is 10.5 Å². The van der Waals surface area contributed by atoms with Crippen molar-refractivity contribution in [1.82, 2.24) is 0 Å². The van der Waals surface area contributed by atoms with Crippen molar-refractivity contribution < 1.29 is 9.13 Å². The summed E-state index contributed by atoms with van der Waals surface area (Å²) in [6.07, 6.45) is -0.609. The summed E-state index contributed by atoms with van der Waals surface area (Å²) in [7, 11) is 0. The van der Waals surface area contributed by atoms with E-state index in [-0.39, 0.29) is 16.6 Å². The second-order valence-corrected chi connectivity index (χ2v) is 4.17. The van der Waals surface area contributed by atoms with Crippen molar-refractivity contribution in [2.24, 2.45) is 5.73 Å². The van der Waals surface area contributed by atoms with E-state index in [0.717, 1.165) is 6.07 Å². The van der Waals surface area contributed by atoms with Gasteiger partial charge in [-0.1, -0.05) is 11.6 Å². The van der Waals surface area contributed by atoms with E-state index in [2.05, 4.69) is 15.9 Å². The molecular formula is C9H9BrClFN2O. The first-order valence-corrected chi connectivity index (χ1v) is 5.24. The van der Waals surface area contributed by atoms with Crippen LogP contribution in [-0.4, -0.2) is 11.9 Å². The molecule has 0 aliphatic heterocycles. The molecule has 1 unspecified atom stereocenters. The summed E-state index contributed by atoms with van der Waals surface area (Å²) in [4.78, 5) is 0. The highest BCUT2D eigenvalue weighted by Crippen LogP contribution is 2.31. The SMILES string of the molecule is CC(Oc1cc(F)c(Cl)cc1Br)C(=N)N. The molecule has 1 atom stereocenters. The van der Waals surface area contributed by atoms with Gasteiger partial charge in [0.1, 0.15) is 17.4 Å². The number of benzene rings is 1. The van der Waals surface area contributed by atoms with E-state index in [4.69, 9.17) is 27.5 Å². The molecule has 1 rings (SSSR count). The van der Waals surface area contributed by atoms with Crippen molar-refractivity contribution in [3.05, 3.63) is 27.4 Å². The Bertz CT molecular complexity index is 400. The number of hydrogen-bond donors (Lipinski definition) is 2. The molecule has 6 heteroatoms. The Labute approximate surface area is 100 Å². The maximum Gasteiger partial charge on any atom is 0.152 e. The van der Waals surface area contributed by atoms with Crippen LogP contribution in [0.15, 0.2) is 16.6 Å². The van der Waals surface area contributed by atoms with E-state index in [1.54, 1.807) is 6.92 Å². The molecule has 0 heterocycles. The monoisotopic (exact) mass is 294 g/mol. The molecule has 0 aliphatic rings. The molecule has 1 aromatic rings. The van der Waals surface area contributed by atoms with Crippen LogP contribution >= 0.6 is 27.5 Å². The van der Waals surface area contributed by atoms with Crippen molar-refractivity contribution in [3.8, 4) is 5.75 Å². The third kappa shape index (κ3) is 3.07. The highest BCUT2D eigenvalue weighted by atomic mass is 79.9. The lowest BCUT2D eigenvalue weighted by Crippen LogP contribution is -2.30. The summed E-state index contributed by atoms with van der Waals surface area (Å²) in [5, 5.41) is 7.14. The maximum absolute atomic E-state index is 13.1. The Hall–Kier alpha value is -0.810. The van der Waals surface area contributed by atoms with Crippen LogP contribution in [0, 0.1) is 11.2 Å². The number of nitrogens with one attached hydrogen (secondary N) is 1. The number of rotatable bonds is 3. The van der Waals surface area contributed by atoms with Gasteiger partial charge < -0.3 is 10.5 Å². The quantitative estimate of drug-likeness (QED) is 0.512. The fourth-order valence-electron chi connectivity index (χ4n) is 0.849. The second-order valence-electron chi connectivity index (χ2n) is 2.91. The molecule has 0 bridgehead atoms. The van der Waals surface area contributed by atoms with Crippen LogP contribution in [0.3, 0.4) is 0 Å². The summed E-state index contributed by atoms with van der Waals surface area (Å²) in [6, 6.07) is 2.53. The van der Waals surface area contributed by atoms with Crippen molar-refractivity contribution in [3.63, 3.8) is 0 Å². The lowest BCUT2D eigenvalue weighted by Gasteiger charge is -2.14. The number of hydrogen-bond acceptors (Lipinski definition) is 2. The van der Waals surface area contributed by atoms with Crippen molar-refractivity contribution in [1.29, 1.82) is 5.41 Å². The zero-order chi connectivity index (χ0) is 11.6. The van der Waals surface area contributed by atoms with Crippen LogP contribution in [0.25, 0.3) is 0 Å². The molecule has 0 amide bonds. The smallest absolute Gasteiger partial charge is 0.152 e. The van der Waals surface area contributed by atoms with Gasteiger partial charge >= 0.3 is 0 Å². The molecule has 82 valence electrons. The Morgan fingerprint density at radius 2 is 2.27 bits per heavy atom. The minimum absolute atomic E-state index is 0.00435. The van der Waals surface area contributed by atoms with E-state index in [1.165, 1.54) is 6.07 Å². The van der Waals surface area contributed by atoms with Gasteiger partial charge in [-0.2, -0.15) is 0 Å². The molecule has 0 saturated heterocycles. The van der Waals surface area contributed by atoms with Gasteiger partial charge in [0.25, 0.3) is 0 Å². The fraction of sp³-hybridized carbons (Fsp3) is 0.222. The van der Waals surface area contributed by atoms with Crippen LogP contribution in [0.1, 0.15) is 6.92 Å². The van der Waals surface area contributed by atoms with Crippen LogP contribution in [0.2, 0.25) is 5.02 Å². The standard InChI is InChI=1S/C9H9BrClFN2O/c1-4(9(13)14)15-8-3-7(12)6(11)2-5(8)10/h2-4H,1H3,(H3,13,14). The Kier molecular flexibility index (Phi) is 3.93. The summed E-state index contributed by atoms with van der Waals surface area (Å²) in [6.45, 7) is 1.60. The summed E-state index contributed by atoms with van der Waals surface area (Å²) in [5.74, 6) is -0.442. The predicted octanol–water partition coefficient (Wildman–Crippen LogP) is 2.94. The lowest BCUT2D eigenvalue weighted by molar-refractivity contribution is 0.281. The molecule has 15 heavy (non-hydrogen) atoms. The largest absolute Gasteiger partial charge is 0.482 e. The number of nitrogens with two attached hydrogens (primary N) is 1. The summed E-state index contributed by atoms with van der Waals surface area (Å²) in [5.41, 5.74) is 5.23. The number of amidine groups is 1. The van der Waals surface area contributed by atoms with Gasteiger partial charge in [-0.25, -0.2) is 4.39 Å².